The lowest BCUT2D eigenvalue weighted by molar-refractivity contribution is -0.907. The topological polar surface area (TPSA) is 85.9 Å². The third-order valence-electron chi connectivity index (χ3n) is 4.29. The van der Waals surface area contributed by atoms with Crippen LogP contribution in [0.2, 0.25) is 10.0 Å². The van der Waals surface area contributed by atoms with E-state index < -0.39 is 11.0 Å². The van der Waals surface area contributed by atoms with Crippen LogP contribution in [0.5, 0.6) is 5.75 Å². The highest BCUT2D eigenvalue weighted by Crippen LogP contribution is 2.29. The van der Waals surface area contributed by atoms with E-state index in [1.807, 2.05) is 13.1 Å². The van der Waals surface area contributed by atoms with Gasteiger partial charge in [-0.3, -0.25) is 14.9 Å². The number of nitrogens with one attached hydrogen (secondary N) is 2. The minimum absolute atomic E-state index is 0.134. The molecule has 9 heteroatoms. The molecule has 2 aromatic carbocycles. The summed E-state index contributed by atoms with van der Waals surface area (Å²) in [5.74, 6) is 0.0427. The lowest BCUT2D eigenvalue weighted by Crippen LogP contribution is -3.12. The second-order valence-electron chi connectivity index (χ2n) is 6.09. The highest BCUT2D eigenvalue weighted by atomic mass is 35.5. The van der Waals surface area contributed by atoms with Crippen molar-refractivity contribution in [3.8, 4) is 5.75 Å². The molecule has 27 heavy (non-hydrogen) atoms. The number of quaternary nitrogens is 1. The summed E-state index contributed by atoms with van der Waals surface area (Å²) in [6.07, 6.45) is 0. The number of hydrogen-bond acceptors (Lipinski definition) is 4. The van der Waals surface area contributed by atoms with Crippen molar-refractivity contribution in [1.29, 1.82) is 0 Å². The van der Waals surface area contributed by atoms with Crippen LogP contribution in [0.25, 0.3) is 0 Å². The maximum Gasteiger partial charge on any atom is 0.282 e. The fourth-order valence-electron chi connectivity index (χ4n) is 2.51. The number of amides is 1. The number of anilines is 1. The van der Waals surface area contributed by atoms with Gasteiger partial charge >= 0.3 is 0 Å². The number of benzene rings is 2. The molecule has 1 amide bonds. The Morgan fingerprint density at radius 2 is 2.04 bits per heavy atom. The van der Waals surface area contributed by atoms with E-state index in [1.54, 1.807) is 19.1 Å². The number of methoxy groups -OCH3 is 1. The first-order chi connectivity index (χ1) is 12.7. The third kappa shape index (κ3) is 5.09. The number of rotatable bonds is 7. The molecule has 144 valence electrons. The smallest absolute Gasteiger partial charge is 0.282 e. The number of nitro benzene ring substituents is 1. The summed E-state index contributed by atoms with van der Waals surface area (Å²) in [6.45, 7) is 2.24. The molecule has 0 spiro atoms. The molecule has 7 nitrogen and oxygen atoms in total. The molecular formula is C18H20Cl2N3O4+. The van der Waals surface area contributed by atoms with Crippen LogP contribution in [0.3, 0.4) is 0 Å². The SMILES string of the molecule is COc1ccc([N+](=O)[O-])cc1NC(=O)[C@H](C)[NH+](C)Cc1cccc(Cl)c1Cl. The van der Waals surface area contributed by atoms with E-state index in [0.717, 1.165) is 10.5 Å². The van der Waals surface area contributed by atoms with Gasteiger partial charge < -0.3 is 15.0 Å². The Balaban J connectivity index is 2.14. The summed E-state index contributed by atoms with van der Waals surface area (Å²) in [5, 5.41) is 14.6. The molecule has 0 aromatic heterocycles. The van der Waals surface area contributed by atoms with Gasteiger partial charge in [0, 0.05) is 17.7 Å². The van der Waals surface area contributed by atoms with E-state index in [4.69, 9.17) is 27.9 Å². The van der Waals surface area contributed by atoms with Gasteiger partial charge in [-0.2, -0.15) is 0 Å². The van der Waals surface area contributed by atoms with E-state index in [2.05, 4.69) is 5.32 Å². The Morgan fingerprint density at radius 1 is 1.33 bits per heavy atom. The number of nitrogens with zero attached hydrogens (tertiary/aromatic N) is 1. The standard InChI is InChI=1S/C18H19Cl2N3O4/c1-11(22(2)10-12-5-4-6-14(19)17(12)20)18(24)21-15-9-13(23(25)26)7-8-16(15)27-3/h4-9,11H,10H2,1-3H3,(H,21,24)/p+1/t11-/m0/s1. The number of likely N-dealkylation sites (N-methyl/N-ethyl adjacent to an activating group) is 1. The normalized spacial score (nSPS) is 12.9. The highest BCUT2D eigenvalue weighted by molar-refractivity contribution is 6.42. The van der Waals surface area contributed by atoms with Crippen LogP contribution in [0.1, 0.15) is 12.5 Å². The van der Waals surface area contributed by atoms with Crippen molar-refractivity contribution < 1.29 is 19.4 Å². The second-order valence-corrected chi connectivity index (χ2v) is 6.87. The Kier molecular flexibility index (Phi) is 7.01. The molecule has 0 saturated carbocycles. The van der Waals surface area contributed by atoms with Gasteiger partial charge in [0.05, 0.1) is 34.8 Å². The molecular weight excluding hydrogens is 393 g/mol. The van der Waals surface area contributed by atoms with Crippen molar-refractivity contribution in [2.24, 2.45) is 0 Å². The number of ether oxygens (including phenoxy) is 1. The van der Waals surface area contributed by atoms with Crippen molar-refractivity contribution in [2.45, 2.75) is 19.5 Å². The quantitative estimate of drug-likeness (QED) is 0.540. The number of carbonyl (C=O) groups excluding carboxylic acids is 1. The van der Waals surface area contributed by atoms with Gasteiger partial charge in [-0.25, -0.2) is 0 Å². The molecule has 0 radical (unpaired) electrons. The first-order valence-corrected chi connectivity index (χ1v) is 8.88. The lowest BCUT2D eigenvalue weighted by Gasteiger charge is -2.22. The fourth-order valence-corrected chi connectivity index (χ4v) is 2.90. The summed E-state index contributed by atoms with van der Waals surface area (Å²) in [7, 11) is 3.28. The van der Waals surface area contributed by atoms with Crippen LogP contribution < -0.4 is 15.0 Å². The molecule has 0 aliphatic heterocycles. The molecule has 1 unspecified atom stereocenters. The minimum Gasteiger partial charge on any atom is -0.495 e. The molecule has 0 aliphatic carbocycles. The predicted molar refractivity (Wildman–Crippen MR) is 105 cm³/mol. The molecule has 0 bridgehead atoms. The van der Waals surface area contributed by atoms with Crippen molar-refractivity contribution in [1.82, 2.24) is 0 Å². The van der Waals surface area contributed by atoms with Crippen LogP contribution >= 0.6 is 23.2 Å². The summed E-state index contributed by atoms with van der Waals surface area (Å²) >= 11 is 12.2. The van der Waals surface area contributed by atoms with E-state index in [1.165, 1.54) is 25.3 Å². The Morgan fingerprint density at radius 3 is 2.67 bits per heavy atom. The molecule has 2 aromatic rings. The Bertz CT molecular complexity index is 860. The summed E-state index contributed by atoms with van der Waals surface area (Å²) in [6, 6.07) is 8.93. The van der Waals surface area contributed by atoms with Crippen molar-refractivity contribution in [2.75, 3.05) is 19.5 Å². The van der Waals surface area contributed by atoms with E-state index >= 15 is 0 Å². The molecule has 2 rings (SSSR count). The van der Waals surface area contributed by atoms with Crippen LogP contribution in [0.4, 0.5) is 11.4 Å². The van der Waals surface area contributed by atoms with Gasteiger partial charge in [0.1, 0.15) is 12.3 Å². The van der Waals surface area contributed by atoms with Crippen LogP contribution in [0, 0.1) is 10.1 Å². The van der Waals surface area contributed by atoms with Crippen molar-refractivity contribution in [3.05, 3.63) is 62.1 Å². The van der Waals surface area contributed by atoms with Crippen LogP contribution in [-0.2, 0) is 11.3 Å². The molecule has 0 fully saturated rings. The maximum atomic E-state index is 12.6. The summed E-state index contributed by atoms with van der Waals surface area (Å²) in [5.41, 5.74) is 0.941. The van der Waals surface area contributed by atoms with Crippen molar-refractivity contribution in [3.63, 3.8) is 0 Å². The zero-order valence-electron chi connectivity index (χ0n) is 15.1. The van der Waals surface area contributed by atoms with Gasteiger partial charge in [-0.1, -0.05) is 35.3 Å². The number of carbonyl (C=O) groups is 1. The van der Waals surface area contributed by atoms with Crippen LogP contribution in [-0.4, -0.2) is 31.0 Å². The van der Waals surface area contributed by atoms with Crippen molar-refractivity contribution >= 4 is 40.5 Å². The monoisotopic (exact) mass is 412 g/mol. The number of halogens is 2. The third-order valence-corrected chi connectivity index (χ3v) is 5.14. The van der Waals surface area contributed by atoms with Gasteiger partial charge in [0.25, 0.3) is 11.6 Å². The average Bonchev–Trinajstić information content (AvgIpc) is 2.64. The zero-order valence-corrected chi connectivity index (χ0v) is 16.6. The number of non-ortho nitro benzene ring substituents is 1. The van der Waals surface area contributed by atoms with E-state index in [9.17, 15) is 14.9 Å². The van der Waals surface area contributed by atoms with Gasteiger partial charge in [-0.05, 0) is 19.1 Å². The molecule has 2 atom stereocenters. The fraction of sp³-hybridized carbons (Fsp3) is 0.278. The average molecular weight is 413 g/mol. The summed E-state index contributed by atoms with van der Waals surface area (Å²) < 4.78 is 5.17. The number of nitro groups is 1. The first-order valence-electron chi connectivity index (χ1n) is 8.13. The Labute approximate surface area is 167 Å². The Hall–Kier alpha value is -2.35. The molecule has 0 aliphatic rings. The van der Waals surface area contributed by atoms with Gasteiger partial charge in [0.15, 0.2) is 6.04 Å². The molecule has 0 saturated heterocycles. The van der Waals surface area contributed by atoms with Gasteiger partial charge in [0.2, 0.25) is 0 Å². The largest absolute Gasteiger partial charge is 0.495 e. The van der Waals surface area contributed by atoms with E-state index in [0.29, 0.717) is 22.3 Å². The second kappa shape index (κ2) is 9.03. The lowest BCUT2D eigenvalue weighted by atomic mass is 10.1. The maximum absolute atomic E-state index is 12.6. The van der Waals surface area contributed by atoms with E-state index in [-0.39, 0.29) is 17.3 Å². The van der Waals surface area contributed by atoms with Crippen LogP contribution in [0.15, 0.2) is 36.4 Å². The molecule has 2 N–H and O–H groups in total. The highest BCUT2D eigenvalue weighted by Gasteiger charge is 2.24. The predicted octanol–water partition coefficient (Wildman–Crippen LogP) is 2.95. The molecule has 0 heterocycles. The van der Waals surface area contributed by atoms with Gasteiger partial charge in [-0.15, -0.1) is 0 Å². The first kappa shape index (κ1) is 21.0. The number of hydrogen-bond donors (Lipinski definition) is 2. The summed E-state index contributed by atoms with van der Waals surface area (Å²) in [4.78, 5) is 23.9. The minimum atomic E-state index is -0.531. The zero-order chi connectivity index (χ0) is 20.1.